The van der Waals surface area contributed by atoms with Crippen LogP contribution in [-0.4, -0.2) is 19.7 Å². The van der Waals surface area contributed by atoms with Crippen LogP contribution in [0.25, 0.3) is 11.4 Å². The molecule has 138 valence electrons. The van der Waals surface area contributed by atoms with Crippen LogP contribution in [0, 0.1) is 0 Å². The lowest BCUT2D eigenvalue weighted by atomic mass is 10.0. The van der Waals surface area contributed by atoms with Gasteiger partial charge in [-0.1, -0.05) is 78.5 Å². The van der Waals surface area contributed by atoms with Crippen molar-refractivity contribution in [1.82, 2.24) is 19.7 Å². The summed E-state index contributed by atoms with van der Waals surface area (Å²) in [5, 5.41) is 9.96. The van der Waals surface area contributed by atoms with E-state index in [1.54, 1.807) is 24.2 Å². The molecule has 0 radical (unpaired) electrons. The minimum absolute atomic E-state index is 0.125. The van der Waals surface area contributed by atoms with Crippen molar-refractivity contribution in [3.05, 3.63) is 109 Å². The Morgan fingerprint density at radius 1 is 0.857 bits per heavy atom. The van der Waals surface area contributed by atoms with E-state index in [9.17, 15) is 0 Å². The van der Waals surface area contributed by atoms with Crippen molar-refractivity contribution in [2.45, 2.75) is 17.0 Å². The van der Waals surface area contributed by atoms with Gasteiger partial charge in [0.1, 0.15) is 0 Å². The van der Waals surface area contributed by atoms with Gasteiger partial charge < -0.3 is 0 Å². The second-order valence-electron chi connectivity index (χ2n) is 6.26. The van der Waals surface area contributed by atoms with Crippen LogP contribution in [0.3, 0.4) is 0 Å². The van der Waals surface area contributed by atoms with Crippen LogP contribution in [0.2, 0.25) is 0 Å². The lowest BCUT2D eigenvalue weighted by molar-refractivity contribution is 0.729. The number of thioether (sulfide) groups is 1. The van der Waals surface area contributed by atoms with Gasteiger partial charge in [0.15, 0.2) is 11.0 Å². The summed E-state index contributed by atoms with van der Waals surface area (Å²) in [6.45, 7) is 4.55. The minimum Gasteiger partial charge on any atom is -0.298 e. The summed E-state index contributed by atoms with van der Waals surface area (Å²) >= 11 is 1.70. The second kappa shape index (κ2) is 8.67. The van der Waals surface area contributed by atoms with E-state index < -0.39 is 0 Å². The van der Waals surface area contributed by atoms with Gasteiger partial charge in [0.2, 0.25) is 0 Å². The van der Waals surface area contributed by atoms with Crippen molar-refractivity contribution in [1.29, 1.82) is 0 Å². The number of aromatic nitrogens is 4. The number of hydrogen-bond acceptors (Lipinski definition) is 4. The summed E-state index contributed by atoms with van der Waals surface area (Å²) in [7, 11) is 0. The molecule has 28 heavy (non-hydrogen) atoms. The highest BCUT2D eigenvalue weighted by Gasteiger charge is 2.21. The zero-order chi connectivity index (χ0) is 19.2. The highest BCUT2D eigenvalue weighted by Crippen LogP contribution is 2.40. The lowest BCUT2D eigenvalue weighted by Crippen LogP contribution is -2.03. The number of hydrogen-bond donors (Lipinski definition) is 0. The fourth-order valence-corrected chi connectivity index (χ4v) is 4.25. The van der Waals surface area contributed by atoms with Crippen LogP contribution in [-0.2, 0) is 6.54 Å². The second-order valence-corrected chi connectivity index (χ2v) is 7.33. The van der Waals surface area contributed by atoms with Crippen molar-refractivity contribution >= 4 is 11.8 Å². The highest BCUT2D eigenvalue weighted by molar-refractivity contribution is 7.99. The molecule has 0 amide bonds. The predicted molar refractivity (Wildman–Crippen MR) is 114 cm³/mol. The largest absolute Gasteiger partial charge is 0.298 e. The molecular weight excluding hydrogens is 364 g/mol. The molecule has 4 nitrogen and oxygen atoms in total. The van der Waals surface area contributed by atoms with E-state index in [2.05, 4.69) is 74.9 Å². The Morgan fingerprint density at radius 3 is 2.04 bits per heavy atom. The zero-order valence-corrected chi connectivity index (χ0v) is 16.2. The Kier molecular flexibility index (Phi) is 5.64. The van der Waals surface area contributed by atoms with Crippen LogP contribution in [0.5, 0.6) is 0 Å². The van der Waals surface area contributed by atoms with E-state index >= 15 is 0 Å². The van der Waals surface area contributed by atoms with Crippen LogP contribution in [0.4, 0.5) is 0 Å². The normalized spacial score (nSPS) is 10.9. The van der Waals surface area contributed by atoms with Crippen LogP contribution in [0.1, 0.15) is 16.4 Å². The molecule has 0 saturated carbocycles. The molecule has 5 heteroatoms. The number of benzene rings is 2. The summed E-state index contributed by atoms with van der Waals surface area (Å²) < 4.78 is 2.10. The maximum absolute atomic E-state index is 4.51. The SMILES string of the molecule is C=CCn1c(SC(c2ccccc2)c2ccccc2)nnc1-c1ccncc1. The molecule has 4 aromatic rings. The molecule has 0 aliphatic heterocycles. The summed E-state index contributed by atoms with van der Waals surface area (Å²) in [6.07, 6.45) is 5.41. The maximum Gasteiger partial charge on any atom is 0.192 e. The molecule has 0 aliphatic carbocycles. The van der Waals surface area contributed by atoms with Gasteiger partial charge in [-0.2, -0.15) is 0 Å². The smallest absolute Gasteiger partial charge is 0.192 e. The molecule has 0 fully saturated rings. The fraction of sp³-hybridized carbons (Fsp3) is 0.0870. The lowest BCUT2D eigenvalue weighted by Gasteiger charge is -2.18. The number of allylic oxidation sites excluding steroid dienone is 1. The molecule has 0 spiro atoms. The first kappa shape index (κ1) is 18.2. The summed E-state index contributed by atoms with van der Waals surface area (Å²) in [5.41, 5.74) is 3.46. The Morgan fingerprint density at radius 2 is 1.46 bits per heavy atom. The van der Waals surface area contributed by atoms with Gasteiger partial charge >= 0.3 is 0 Å². The Bertz CT molecular complexity index is 991. The molecule has 0 saturated heterocycles. The molecular formula is C23H20N4S. The van der Waals surface area contributed by atoms with Gasteiger partial charge in [-0.05, 0) is 23.3 Å². The van der Waals surface area contributed by atoms with E-state index in [-0.39, 0.29) is 5.25 Å². The van der Waals surface area contributed by atoms with Crippen LogP contribution >= 0.6 is 11.8 Å². The molecule has 0 aliphatic rings. The highest BCUT2D eigenvalue weighted by atomic mass is 32.2. The van der Waals surface area contributed by atoms with Crippen LogP contribution < -0.4 is 0 Å². The third kappa shape index (κ3) is 3.89. The molecule has 2 aromatic carbocycles. The van der Waals surface area contributed by atoms with E-state index in [4.69, 9.17) is 0 Å². The molecule has 4 rings (SSSR count). The average Bonchev–Trinajstić information content (AvgIpc) is 3.16. The van der Waals surface area contributed by atoms with E-state index in [1.807, 2.05) is 30.3 Å². The molecule has 0 unspecified atom stereocenters. The van der Waals surface area contributed by atoms with Crippen molar-refractivity contribution in [2.24, 2.45) is 0 Å². The third-order valence-corrected chi connectivity index (χ3v) is 5.69. The van der Waals surface area contributed by atoms with Crippen molar-refractivity contribution in [3.8, 4) is 11.4 Å². The van der Waals surface area contributed by atoms with E-state index in [0.29, 0.717) is 6.54 Å². The van der Waals surface area contributed by atoms with Gasteiger partial charge in [-0.3, -0.25) is 9.55 Å². The minimum atomic E-state index is 0.125. The molecule has 0 atom stereocenters. The summed E-state index contributed by atoms with van der Waals surface area (Å²) in [4.78, 5) is 4.10. The number of pyridine rings is 1. The Labute approximate surface area is 169 Å². The Balaban J connectivity index is 1.75. The summed E-state index contributed by atoms with van der Waals surface area (Å²) in [6, 6.07) is 24.9. The molecule has 0 N–H and O–H groups in total. The van der Waals surface area contributed by atoms with Gasteiger partial charge in [0, 0.05) is 24.5 Å². The van der Waals surface area contributed by atoms with Gasteiger partial charge in [-0.25, -0.2) is 0 Å². The topological polar surface area (TPSA) is 43.6 Å². The quantitative estimate of drug-likeness (QED) is 0.316. The first-order valence-corrected chi connectivity index (χ1v) is 9.96. The van der Waals surface area contributed by atoms with Gasteiger partial charge in [-0.15, -0.1) is 16.8 Å². The zero-order valence-electron chi connectivity index (χ0n) is 15.3. The average molecular weight is 385 g/mol. The van der Waals surface area contributed by atoms with Gasteiger partial charge in [0.05, 0.1) is 5.25 Å². The standard InChI is InChI=1S/C23H20N4S/c1-2-17-27-22(20-13-15-24-16-14-20)25-26-23(27)28-21(18-9-5-3-6-10-18)19-11-7-4-8-12-19/h2-16,21H,1,17H2. The maximum atomic E-state index is 4.51. The first-order chi connectivity index (χ1) is 13.9. The summed E-state index contributed by atoms with van der Waals surface area (Å²) in [5.74, 6) is 0.824. The van der Waals surface area contributed by atoms with E-state index in [0.717, 1.165) is 16.5 Å². The van der Waals surface area contributed by atoms with Crippen LogP contribution in [0.15, 0.2) is 103 Å². The number of nitrogens with zero attached hydrogens (tertiary/aromatic N) is 4. The third-order valence-electron chi connectivity index (χ3n) is 4.39. The molecule has 2 aromatic heterocycles. The molecule has 2 heterocycles. The van der Waals surface area contributed by atoms with Gasteiger partial charge in [0.25, 0.3) is 0 Å². The fourth-order valence-electron chi connectivity index (χ4n) is 3.07. The van der Waals surface area contributed by atoms with Crippen molar-refractivity contribution in [3.63, 3.8) is 0 Å². The number of rotatable bonds is 7. The van der Waals surface area contributed by atoms with Crippen molar-refractivity contribution < 1.29 is 0 Å². The Hall–Kier alpha value is -3.18. The predicted octanol–water partition coefficient (Wildman–Crippen LogP) is 5.41. The molecule has 0 bridgehead atoms. The van der Waals surface area contributed by atoms with E-state index in [1.165, 1.54) is 11.1 Å². The van der Waals surface area contributed by atoms with Crippen molar-refractivity contribution in [2.75, 3.05) is 0 Å². The first-order valence-electron chi connectivity index (χ1n) is 9.08. The monoisotopic (exact) mass is 384 g/mol.